The molecular weight excluding hydrogens is 553 g/mol. The van der Waals surface area contributed by atoms with Crippen LogP contribution in [0.2, 0.25) is 5.02 Å². The summed E-state index contributed by atoms with van der Waals surface area (Å²) in [6, 6.07) is 8.52. The fourth-order valence-electron chi connectivity index (χ4n) is 4.45. The summed E-state index contributed by atoms with van der Waals surface area (Å²) in [6.45, 7) is 5.91. The standard InChI is InChI=1S/C24H33ClN5O8P/c1-5-35-22(32)14(2)29-39(34,38-16-8-6-15(25)7-9-16)36-12-18-20(31)23(3,33)24(4,37-18)19-11-10-17-21(26)27-13-28-30(17)19/h6-11,13-14,18,20,29,31,33-34,39H,5,12H2,1-4H3,(H2,26,27,28)/t14-,18+,20+,23+,24-/m0/s1. The fraction of sp³-hybridized carbons (Fsp3) is 0.458. The number of halogens is 1. The number of aromatic nitrogens is 3. The van der Waals surface area contributed by atoms with E-state index < -0.39 is 50.1 Å². The number of carbonyl (C=O) groups is 1. The van der Waals surface area contributed by atoms with E-state index in [0.29, 0.717) is 16.2 Å². The van der Waals surface area contributed by atoms with Gasteiger partial charge in [0.05, 0.1) is 0 Å². The van der Waals surface area contributed by atoms with E-state index in [2.05, 4.69) is 15.2 Å². The maximum absolute atomic E-state index is 12.2. The second-order valence-corrected chi connectivity index (χ2v) is 11.9. The van der Waals surface area contributed by atoms with Crippen molar-refractivity contribution in [1.29, 1.82) is 0 Å². The SMILES string of the molecule is CCOC(=O)[C@H](C)N[PH](O)(OC[C@H]1O[C@@](C)(c2ccc3c(N)ncnn23)[C@](C)(O)[C@@H]1O)Oc1ccc(Cl)cc1. The molecule has 6 N–H and O–H groups in total. The van der Waals surface area contributed by atoms with Gasteiger partial charge in [-0.1, -0.05) is 0 Å². The molecule has 0 aliphatic carbocycles. The molecule has 214 valence electrons. The van der Waals surface area contributed by atoms with Gasteiger partial charge in [0.1, 0.15) is 0 Å². The van der Waals surface area contributed by atoms with E-state index in [4.69, 9.17) is 35.9 Å². The Bertz CT molecular complexity index is 1330. The van der Waals surface area contributed by atoms with Crippen molar-refractivity contribution in [3.8, 4) is 5.75 Å². The molecule has 0 amide bonds. The van der Waals surface area contributed by atoms with E-state index >= 15 is 0 Å². The fourth-order valence-corrected chi connectivity index (χ4v) is 6.29. The average molecular weight is 586 g/mol. The van der Waals surface area contributed by atoms with Crippen LogP contribution < -0.4 is 15.3 Å². The number of benzene rings is 1. The van der Waals surface area contributed by atoms with Crippen LogP contribution in [0.1, 0.15) is 33.4 Å². The Morgan fingerprint density at radius 3 is 2.67 bits per heavy atom. The van der Waals surface area contributed by atoms with Crippen molar-refractivity contribution in [2.75, 3.05) is 18.9 Å². The van der Waals surface area contributed by atoms with Crippen molar-refractivity contribution >= 4 is 37.0 Å². The van der Waals surface area contributed by atoms with Gasteiger partial charge in [-0.05, 0) is 0 Å². The first kappa shape index (κ1) is 29.4. The number of nitrogens with two attached hydrogens (primary N) is 1. The van der Waals surface area contributed by atoms with Crippen molar-refractivity contribution in [1.82, 2.24) is 19.7 Å². The number of nitrogen functional groups attached to an aromatic ring is 1. The van der Waals surface area contributed by atoms with E-state index in [1.54, 1.807) is 38.1 Å². The quantitative estimate of drug-likeness (QED) is 0.172. The summed E-state index contributed by atoms with van der Waals surface area (Å²) in [5.41, 5.74) is 3.57. The summed E-state index contributed by atoms with van der Waals surface area (Å²) in [6.07, 6.45) is -1.31. The summed E-state index contributed by atoms with van der Waals surface area (Å²) in [4.78, 5) is 27.6. The Morgan fingerprint density at radius 1 is 1.31 bits per heavy atom. The molecule has 5 atom stereocenters. The number of carbonyl (C=O) groups excluding carboxylic acids is 1. The number of ether oxygens (including phenoxy) is 2. The van der Waals surface area contributed by atoms with Crippen LogP contribution in [-0.2, 0) is 24.4 Å². The number of aliphatic hydroxyl groups excluding tert-OH is 1. The van der Waals surface area contributed by atoms with Gasteiger partial charge in [0.15, 0.2) is 0 Å². The Morgan fingerprint density at radius 2 is 2.00 bits per heavy atom. The second-order valence-electron chi connectivity index (χ2n) is 9.51. The number of hydrogen-bond acceptors (Lipinski definition) is 12. The molecule has 3 heterocycles. The summed E-state index contributed by atoms with van der Waals surface area (Å²) in [5.74, 6) is -0.172. The number of nitrogens with zero attached hydrogens (tertiary/aromatic N) is 3. The number of hydrogen-bond donors (Lipinski definition) is 5. The third-order valence-corrected chi connectivity index (χ3v) is 8.92. The van der Waals surface area contributed by atoms with Gasteiger partial charge < -0.3 is 0 Å². The zero-order valence-corrected chi connectivity index (χ0v) is 23.6. The molecule has 13 nitrogen and oxygen atoms in total. The summed E-state index contributed by atoms with van der Waals surface area (Å²) < 4.78 is 24.2. The molecule has 3 aromatic rings. The predicted octanol–water partition coefficient (Wildman–Crippen LogP) is 1.73. The van der Waals surface area contributed by atoms with Crippen LogP contribution in [0, 0.1) is 0 Å². The number of anilines is 1. The van der Waals surface area contributed by atoms with Gasteiger partial charge in [-0.15, -0.1) is 0 Å². The van der Waals surface area contributed by atoms with Crippen molar-refractivity contribution in [3.05, 3.63) is 53.4 Å². The molecule has 0 saturated carbocycles. The van der Waals surface area contributed by atoms with Crippen LogP contribution in [0.25, 0.3) is 5.52 Å². The molecule has 1 aliphatic rings. The number of esters is 1. The molecule has 4 rings (SSSR count). The second kappa shape index (κ2) is 11.1. The number of fused-ring (bicyclic) bond motifs is 1. The van der Waals surface area contributed by atoms with E-state index in [-0.39, 0.29) is 18.2 Å². The molecule has 15 heteroatoms. The molecule has 0 bridgehead atoms. The Labute approximate surface area is 230 Å². The molecule has 1 aliphatic heterocycles. The zero-order valence-electron chi connectivity index (χ0n) is 21.9. The van der Waals surface area contributed by atoms with Gasteiger partial charge >= 0.3 is 230 Å². The third kappa shape index (κ3) is 5.67. The van der Waals surface area contributed by atoms with E-state index in [0.717, 1.165) is 0 Å². The van der Waals surface area contributed by atoms with E-state index in [9.17, 15) is 19.9 Å². The van der Waals surface area contributed by atoms with Gasteiger partial charge in [0, 0.05) is 0 Å². The normalized spacial score (nSPS) is 26.5. The van der Waals surface area contributed by atoms with Crippen molar-refractivity contribution in [3.63, 3.8) is 0 Å². The monoisotopic (exact) mass is 585 g/mol. The number of rotatable bonds is 10. The topological polar surface area (TPSA) is 183 Å². The summed E-state index contributed by atoms with van der Waals surface area (Å²) >= 11 is 5.95. The summed E-state index contributed by atoms with van der Waals surface area (Å²) in [5, 5.41) is 29.9. The van der Waals surface area contributed by atoms with E-state index in [1.807, 2.05) is 0 Å². The van der Waals surface area contributed by atoms with Crippen LogP contribution >= 0.6 is 19.7 Å². The van der Waals surface area contributed by atoms with Gasteiger partial charge in [0.25, 0.3) is 0 Å². The van der Waals surface area contributed by atoms with Crippen molar-refractivity contribution in [2.45, 2.75) is 57.1 Å². The Hall–Kier alpha value is -2.61. The van der Waals surface area contributed by atoms with Crippen LogP contribution in [0.4, 0.5) is 5.82 Å². The summed E-state index contributed by atoms with van der Waals surface area (Å²) in [7, 11) is -4.38. The maximum atomic E-state index is 12.2. The first-order valence-corrected chi connectivity index (χ1v) is 14.4. The minimum absolute atomic E-state index is 0.143. The Balaban J connectivity index is 1.58. The first-order valence-electron chi connectivity index (χ1n) is 12.2. The van der Waals surface area contributed by atoms with Crippen molar-refractivity contribution < 1.29 is 38.4 Å². The van der Waals surface area contributed by atoms with Crippen molar-refractivity contribution in [2.24, 2.45) is 0 Å². The van der Waals surface area contributed by atoms with Crippen LogP contribution in [-0.4, -0.2) is 72.7 Å². The number of aliphatic hydroxyl groups is 2. The molecule has 0 radical (unpaired) electrons. The first-order chi connectivity index (χ1) is 18.3. The predicted molar refractivity (Wildman–Crippen MR) is 144 cm³/mol. The number of nitrogens with one attached hydrogen (secondary N) is 1. The van der Waals surface area contributed by atoms with Crippen LogP contribution in [0.5, 0.6) is 5.75 Å². The van der Waals surface area contributed by atoms with Gasteiger partial charge in [0.2, 0.25) is 0 Å². The molecule has 0 unspecified atom stereocenters. The Kier molecular flexibility index (Phi) is 8.36. The molecule has 1 fully saturated rings. The van der Waals surface area contributed by atoms with Gasteiger partial charge in [-0.25, -0.2) is 0 Å². The molecular formula is C24H33ClN5O8P. The third-order valence-electron chi connectivity index (χ3n) is 6.80. The molecule has 2 aromatic heterocycles. The van der Waals surface area contributed by atoms with E-state index in [1.165, 1.54) is 36.8 Å². The van der Waals surface area contributed by atoms with Crippen LogP contribution in [0.15, 0.2) is 42.7 Å². The zero-order chi connectivity index (χ0) is 28.6. The van der Waals surface area contributed by atoms with Crippen LogP contribution in [0.3, 0.4) is 0 Å². The molecule has 39 heavy (non-hydrogen) atoms. The molecule has 1 saturated heterocycles. The van der Waals surface area contributed by atoms with Gasteiger partial charge in [-0.3, -0.25) is 0 Å². The minimum atomic E-state index is -4.38. The molecule has 0 spiro atoms. The molecule has 1 aromatic carbocycles. The van der Waals surface area contributed by atoms with Gasteiger partial charge in [-0.2, -0.15) is 0 Å². The average Bonchev–Trinajstić information content (AvgIpc) is 3.39.